The lowest BCUT2D eigenvalue weighted by molar-refractivity contribution is -0.114. The summed E-state index contributed by atoms with van der Waals surface area (Å²) in [6.45, 7) is 11.2. The fourth-order valence-corrected chi connectivity index (χ4v) is 0.544. The van der Waals surface area contributed by atoms with Gasteiger partial charge in [0.25, 0.3) is 0 Å². The van der Waals surface area contributed by atoms with Crippen molar-refractivity contribution in [3.8, 4) is 0 Å². The second-order valence-corrected chi connectivity index (χ2v) is 4.05. The second-order valence-electron chi connectivity index (χ2n) is 3.24. The topological polar surface area (TPSA) is 26.3 Å². The number of ether oxygens (including phenoxy) is 1. The second kappa shape index (κ2) is 15.7. The number of alkyl halides is 2. The van der Waals surface area contributed by atoms with Gasteiger partial charge < -0.3 is 9.53 Å². The van der Waals surface area contributed by atoms with Crippen LogP contribution in [0, 0.1) is 0 Å². The highest BCUT2D eigenvalue weighted by Gasteiger charge is 1.94. The van der Waals surface area contributed by atoms with E-state index < -0.39 is 0 Å². The Bertz CT molecular complexity index is 105. The molecule has 0 amide bonds. The molecule has 0 aromatic rings. The quantitative estimate of drug-likeness (QED) is 0.691. The lowest BCUT2D eigenvalue weighted by atomic mass is 10.4. The van der Waals surface area contributed by atoms with Gasteiger partial charge in [-0.15, -0.1) is 23.2 Å². The van der Waals surface area contributed by atoms with Crippen LogP contribution in [0.3, 0.4) is 0 Å². The summed E-state index contributed by atoms with van der Waals surface area (Å²) in [4.78, 5) is 9.44. The molecule has 0 spiro atoms. The van der Waals surface area contributed by atoms with Crippen LogP contribution in [0.5, 0.6) is 0 Å². The molecule has 88 valence electrons. The molecule has 0 unspecified atom stereocenters. The van der Waals surface area contributed by atoms with E-state index in [-0.39, 0.29) is 11.1 Å². The fraction of sp³-hybridized carbons (Fsp3) is 0.900. The van der Waals surface area contributed by atoms with Gasteiger partial charge >= 0.3 is 0 Å². The number of hydrogen-bond donors (Lipinski definition) is 0. The number of carbonyl (C=O) groups excluding carboxylic acids is 1. The number of halogens is 2. The van der Waals surface area contributed by atoms with Crippen molar-refractivity contribution in [2.24, 2.45) is 0 Å². The van der Waals surface area contributed by atoms with E-state index in [2.05, 4.69) is 0 Å². The standard InChI is InChI=1S/C6H14O.C3H6O.CH2Cl2/c1-5(2)7-6(3)4;1-3(2)4;2-1-3/h5-6H,1-4H3;1-2H3;1H2. The molecule has 0 bridgehead atoms. The summed E-state index contributed by atoms with van der Waals surface area (Å²) in [5.41, 5.74) is 0. The van der Waals surface area contributed by atoms with Crippen molar-refractivity contribution in [3.05, 3.63) is 0 Å². The van der Waals surface area contributed by atoms with E-state index in [1.54, 1.807) is 0 Å². The molecule has 0 saturated carbocycles. The van der Waals surface area contributed by atoms with Gasteiger partial charge in [-0.2, -0.15) is 0 Å². The summed E-state index contributed by atoms with van der Waals surface area (Å²) in [6.07, 6.45) is 0.750. The zero-order chi connectivity index (χ0) is 12.1. The van der Waals surface area contributed by atoms with Crippen LogP contribution in [-0.4, -0.2) is 23.3 Å². The van der Waals surface area contributed by atoms with Crippen molar-refractivity contribution in [1.29, 1.82) is 0 Å². The van der Waals surface area contributed by atoms with E-state index in [4.69, 9.17) is 27.9 Å². The lowest BCUT2D eigenvalue weighted by Crippen LogP contribution is -2.09. The molecule has 0 saturated heterocycles. The largest absolute Gasteiger partial charge is 0.376 e. The zero-order valence-corrected chi connectivity index (χ0v) is 11.4. The molecular formula is C10H22Cl2O2. The number of hydrogen-bond acceptors (Lipinski definition) is 2. The van der Waals surface area contributed by atoms with Crippen LogP contribution in [0.25, 0.3) is 0 Å². The van der Waals surface area contributed by atoms with E-state index in [1.165, 1.54) is 13.8 Å². The average Bonchev–Trinajstić information content (AvgIpc) is 1.82. The normalized spacial score (nSPS) is 8.71. The number of Topliss-reactive ketones (excluding diaryl/α,β-unsaturated/α-hetero) is 1. The first-order valence-corrected chi connectivity index (χ1v) is 5.59. The highest BCUT2D eigenvalue weighted by Crippen LogP contribution is 1.93. The molecule has 0 aliphatic carbocycles. The maximum absolute atomic E-state index is 9.44. The summed E-state index contributed by atoms with van der Waals surface area (Å²) < 4.78 is 5.25. The molecule has 0 fully saturated rings. The van der Waals surface area contributed by atoms with Crippen molar-refractivity contribution in [3.63, 3.8) is 0 Å². The Morgan fingerprint density at radius 2 is 1.21 bits per heavy atom. The summed E-state index contributed by atoms with van der Waals surface area (Å²) in [7, 11) is 0. The first kappa shape index (κ1) is 19.7. The Hall–Kier alpha value is 0.210. The van der Waals surface area contributed by atoms with Crippen molar-refractivity contribution in [2.75, 3.05) is 5.34 Å². The smallest absolute Gasteiger partial charge is 0.126 e. The van der Waals surface area contributed by atoms with E-state index in [1.807, 2.05) is 27.7 Å². The van der Waals surface area contributed by atoms with Crippen molar-refractivity contribution >= 4 is 29.0 Å². The molecule has 0 radical (unpaired) electrons. The third kappa shape index (κ3) is 86.6. The zero-order valence-electron chi connectivity index (χ0n) is 9.93. The SMILES string of the molecule is CC(C)=O.CC(C)OC(C)C.ClCCl. The third-order valence-corrected chi connectivity index (χ3v) is 0.544. The predicted octanol–water partition coefficient (Wildman–Crippen LogP) is 3.84. The molecule has 0 aromatic heterocycles. The van der Waals surface area contributed by atoms with E-state index >= 15 is 0 Å². The van der Waals surface area contributed by atoms with Gasteiger partial charge in [-0.25, -0.2) is 0 Å². The molecule has 0 atom stereocenters. The minimum Gasteiger partial charge on any atom is -0.376 e. The van der Waals surface area contributed by atoms with Crippen LogP contribution in [0.15, 0.2) is 0 Å². The van der Waals surface area contributed by atoms with Gasteiger partial charge in [-0.3, -0.25) is 0 Å². The predicted molar refractivity (Wildman–Crippen MR) is 64.3 cm³/mol. The molecule has 4 heteroatoms. The van der Waals surface area contributed by atoms with Crippen molar-refractivity contribution in [2.45, 2.75) is 53.8 Å². The highest BCUT2D eigenvalue weighted by molar-refractivity contribution is 6.40. The molecule has 14 heavy (non-hydrogen) atoms. The van der Waals surface area contributed by atoms with Crippen LogP contribution in [0.2, 0.25) is 0 Å². The molecular weight excluding hydrogens is 223 g/mol. The van der Waals surface area contributed by atoms with Crippen LogP contribution in [-0.2, 0) is 9.53 Å². The summed E-state index contributed by atoms with van der Waals surface area (Å²) in [6, 6.07) is 0. The molecule has 2 nitrogen and oxygen atoms in total. The first-order valence-electron chi connectivity index (χ1n) is 4.52. The van der Waals surface area contributed by atoms with Crippen LogP contribution < -0.4 is 0 Å². The highest BCUT2D eigenvalue weighted by atomic mass is 35.5. The minimum atomic E-state index is 0.167. The maximum atomic E-state index is 9.44. The minimum absolute atomic E-state index is 0.167. The van der Waals surface area contributed by atoms with Crippen LogP contribution in [0.4, 0.5) is 0 Å². The van der Waals surface area contributed by atoms with Gasteiger partial charge in [0.05, 0.1) is 17.5 Å². The van der Waals surface area contributed by atoms with Gasteiger partial charge in [0, 0.05) is 0 Å². The molecule has 0 aliphatic rings. The van der Waals surface area contributed by atoms with E-state index in [9.17, 15) is 4.79 Å². The van der Waals surface area contributed by atoms with E-state index in [0.717, 1.165) is 0 Å². The third-order valence-electron chi connectivity index (χ3n) is 0.544. The Kier molecular flexibility index (Phi) is 22.1. The molecule has 0 aliphatic heterocycles. The average molecular weight is 245 g/mol. The first-order chi connectivity index (χ1) is 6.27. The summed E-state index contributed by atoms with van der Waals surface area (Å²) in [5, 5.41) is 0.194. The molecule has 0 rings (SSSR count). The number of carbonyl (C=O) groups is 1. The molecule has 0 N–H and O–H groups in total. The lowest BCUT2D eigenvalue weighted by Gasteiger charge is -2.09. The van der Waals surface area contributed by atoms with Crippen molar-refractivity contribution in [1.82, 2.24) is 0 Å². The monoisotopic (exact) mass is 244 g/mol. The maximum Gasteiger partial charge on any atom is 0.126 e. The van der Waals surface area contributed by atoms with Crippen LogP contribution in [0.1, 0.15) is 41.5 Å². The van der Waals surface area contributed by atoms with Gasteiger partial charge in [0.15, 0.2) is 0 Å². The fourth-order valence-electron chi connectivity index (χ4n) is 0.544. The van der Waals surface area contributed by atoms with Gasteiger partial charge in [-0.05, 0) is 41.5 Å². The Morgan fingerprint density at radius 3 is 1.21 bits per heavy atom. The summed E-state index contributed by atoms with van der Waals surface area (Å²) in [5.74, 6) is 0.167. The van der Waals surface area contributed by atoms with Gasteiger partial charge in [0.1, 0.15) is 5.78 Å². The van der Waals surface area contributed by atoms with Crippen LogP contribution >= 0.6 is 23.2 Å². The van der Waals surface area contributed by atoms with E-state index in [0.29, 0.717) is 12.2 Å². The van der Waals surface area contributed by atoms with Crippen molar-refractivity contribution < 1.29 is 9.53 Å². The number of rotatable bonds is 2. The van der Waals surface area contributed by atoms with Gasteiger partial charge in [0.2, 0.25) is 0 Å². The number of ketones is 1. The van der Waals surface area contributed by atoms with Gasteiger partial charge in [-0.1, -0.05) is 0 Å². The summed E-state index contributed by atoms with van der Waals surface area (Å²) >= 11 is 9.53. The Balaban J connectivity index is -0.000000147. The Morgan fingerprint density at radius 1 is 1.07 bits per heavy atom. The Labute approximate surface area is 97.9 Å². The molecule has 0 aromatic carbocycles. The molecule has 0 heterocycles.